The Bertz CT molecular complexity index is 923. The predicted octanol–water partition coefficient (Wildman–Crippen LogP) is 2.17. The lowest BCUT2D eigenvalue weighted by molar-refractivity contribution is 0.116. The molecule has 0 aliphatic heterocycles. The van der Waals surface area contributed by atoms with Gasteiger partial charge in [0.25, 0.3) is 11.8 Å². The van der Waals surface area contributed by atoms with E-state index in [1.807, 2.05) is 0 Å². The van der Waals surface area contributed by atoms with Gasteiger partial charge in [-0.15, -0.1) is 21.5 Å². The summed E-state index contributed by atoms with van der Waals surface area (Å²) in [5.74, 6) is -1.05. The molecule has 0 unspecified atom stereocenters. The third kappa shape index (κ3) is 5.07. The molecule has 2 rings (SSSR count). The highest BCUT2D eigenvalue weighted by Gasteiger charge is 2.24. The summed E-state index contributed by atoms with van der Waals surface area (Å²) in [4.78, 5) is 8.49. The van der Waals surface area contributed by atoms with Gasteiger partial charge >= 0.3 is 6.43 Å². The third-order valence-corrected chi connectivity index (χ3v) is 5.95. The van der Waals surface area contributed by atoms with E-state index in [0.29, 0.717) is 16.4 Å². The van der Waals surface area contributed by atoms with E-state index < -0.39 is 22.3 Å². The highest BCUT2D eigenvalue weighted by Crippen LogP contribution is 2.29. The second kappa shape index (κ2) is 8.99. The average molecular weight is 420 g/mol. The quantitative estimate of drug-likeness (QED) is 0.616. The van der Waals surface area contributed by atoms with Crippen LogP contribution in [0.25, 0.3) is 10.8 Å². The first-order chi connectivity index (χ1) is 12.8. The molecule has 0 radical (unpaired) electrons. The Hall–Kier alpha value is -2.41. The Kier molecular flexibility index (Phi) is 6.96. The smallest absolute Gasteiger partial charge is 0.314 e. The highest BCUT2D eigenvalue weighted by atomic mass is 32.2. The summed E-state index contributed by atoms with van der Waals surface area (Å²) in [5.41, 5.74) is 5.77. The summed E-state index contributed by atoms with van der Waals surface area (Å²) in [6.45, 7) is 3.66. The van der Waals surface area contributed by atoms with Gasteiger partial charge in [0.05, 0.1) is 24.2 Å². The number of halogens is 2. The molecule has 2 heterocycles. The molecule has 0 spiro atoms. The molecule has 27 heavy (non-hydrogen) atoms. The Morgan fingerprint density at radius 2 is 2.19 bits per heavy atom. The SMILES string of the molecule is CCN=CC(=CN)N(Cc1ncc(-c2nnc(C(F)F)o2)s1)S(=O)(=O)CC. The van der Waals surface area contributed by atoms with Gasteiger partial charge in [0.1, 0.15) is 9.88 Å². The van der Waals surface area contributed by atoms with Gasteiger partial charge in [0.2, 0.25) is 10.0 Å². The van der Waals surface area contributed by atoms with Gasteiger partial charge in [-0.1, -0.05) is 0 Å². The minimum absolute atomic E-state index is 0.102. The monoisotopic (exact) mass is 420 g/mol. The van der Waals surface area contributed by atoms with Crippen LogP contribution in [0, 0.1) is 0 Å². The number of sulfonamides is 1. The third-order valence-electron chi connectivity index (χ3n) is 3.24. The van der Waals surface area contributed by atoms with E-state index in [0.717, 1.165) is 21.8 Å². The van der Waals surface area contributed by atoms with Crippen molar-refractivity contribution in [2.24, 2.45) is 10.7 Å². The van der Waals surface area contributed by atoms with Gasteiger partial charge in [0.15, 0.2) is 0 Å². The van der Waals surface area contributed by atoms with Gasteiger partial charge in [0, 0.05) is 19.0 Å². The molecule has 0 atom stereocenters. The molecule has 148 valence electrons. The highest BCUT2D eigenvalue weighted by molar-refractivity contribution is 7.89. The molecule has 0 aromatic carbocycles. The zero-order chi connectivity index (χ0) is 20.0. The number of allylic oxidation sites excluding steroid dienone is 1. The first kappa shape index (κ1) is 20.9. The van der Waals surface area contributed by atoms with Crippen molar-refractivity contribution in [2.45, 2.75) is 26.8 Å². The number of alkyl halides is 2. The number of aromatic nitrogens is 3. The lowest BCUT2D eigenvalue weighted by Crippen LogP contribution is -2.32. The fourth-order valence-electron chi connectivity index (χ4n) is 1.91. The Balaban J connectivity index is 2.30. The molecule has 0 aliphatic carbocycles. The summed E-state index contributed by atoms with van der Waals surface area (Å²) >= 11 is 1.05. The van der Waals surface area contributed by atoms with E-state index in [9.17, 15) is 17.2 Å². The maximum Gasteiger partial charge on any atom is 0.314 e. The first-order valence-electron chi connectivity index (χ1n) is 7.81. The maximum absolute atomic E-state index is 12.6. The van der Waals surface area contributed by atoms with Gasteiger partial charge in [-0.3, -0.25) is 9.30 Å². The van der Waals surface area contributed by atoms with E-state index in [2.05, 4.69) is 20.2 Å². The maximum atomic E-state index is 12.6. The summed E-state index contributed by atoms with van der Waals surface area (Å²) < 4.78 is 56.0. The molecule has 2 aromatic rings. The standard InChI is InChI=1S/C14H18F2N6O3S2/c1-3-18-6-9(5-17)22(27(23,24)4-2)8-11-19-7-10(26-11)13-20-21-14(25-13)12(15)16/h5-7,12H,3-4,8,17H2,1-2H3. The van der Waals surface area contributed by atoms with Crippen LogP contribution in [0.1, 0.15) is 31.2 Å². The molecular weight excluding hydrogens is 402 g/mol. The molecule has 0 aliphatic rings. The number of aliphatic imine (C=N–C) groups is 1. The van der Waals surface area contributed by atoms with Crippen molar-refractivity contribution < 1.29 is 21.6 Å². The van der Waals surface area contributed by atoms with Crippen LogP contribution < -0.4 is 5.73 Å². The second-order valence-corrected chi connectivity index (χ2v) is 8.29. The van der Waals surface area contributed by atoms with E-state index in [-0.39, 0.29) is 23.9 Å². The minimum Gasteiger partial charge on any atom is -0.414 e. The van der Waals surface area contributed by atoms with Crippen LogP contribution in [0.5, 0.6) is 0 Å². The first-order valence-corrected chi connectivity index (χ1v) is 10.2. The number of hydrogen-bond acceptors (Lipinski definition) is 9. The van der Waals surface area contributed by atoms with Crippen LogP contribution in [-0.2, 0) is 16.6 Å². The molecule has 0 bridgehead atoms. The summed E-state index contributed by atoms with van der Waals surface area (Å²) in [6.07, 6.45) is 0.993. The van der Waals surface area contributed by atoms with Gasteiger partial charge in [-0.05, 0) is 13.8 Å². The molecule has 0 saturated heterocycles. The van der Waals surface area contributed by atoms with Crippen LogP contribution in [0.2, 0.25) is 0 Å². The number of hydrogen-bond donors (Lipinski definition) is 1. The van der Waals surface area contributed by atoms with Crippen LogP contribution >= 0.6 is 11.3 Å². The molecule has 0 fully saturated rings. The molecule has 0 saturated carbocycles. The normalized spacial score (nSPS) is 13.0. The van der Waals surface area contributed by atoms with Crippen molar-refractivity contribution in [1.82, 2.24) is 19.5 Å². The Morgan fingerprint density at radius 3 is 2.74 bits per heavy atom. The van der Waals surface area contributed by atoms with Crippen molar-refractivity contribution in [3.8, 4) is 10.8 Å². The van der Waals surface area contributed by atoms with Gasteiger partial charge in [-0.2, -0.15) is 8.78 Å². The second-order valence-electron chi connectivity index (χ2n) is 4.99. The Labute approximate surface area is 158 Å². The summed E-state index contributed by atoms with van der Waals surface area (Å²) in [7, 11) is -3.65. The molecule has 2 aromatic heterocycles. The van der Waals surface area contributed by atoms with Gasteiger partial charge < -0.3 is 10.2 Å². The number of nitrogens with zero attached hydrogens (tertiary/aromatic N) is 5. The van der Waals surface area contributed by atoms with E-state index in [1.165, 1.54) is 19.3 Å². The topological polar surface area (TPSA) is 128 Å². The van der Waals surface area contributed by atoms with Crippen molar-refractivity contribution in [2.75, 3.05) is 12.3 Å². The molecular formula is C14H18F2N6O3S2. The van der Waals surface area contributed by atoms with Crippen LogP contribution in [0.4, 0.5) is 8.78 Å². The number of nitrogens with two attached hydrogens (primary N) is 1. The fraction of sp³-hybridized carbons (Fsp3) is 0.429. The zero-order valence-corrected chi connectivity index (χ0v) is 16.2. The van der Waals surface area contributed by atoms with Crippen LogP contribution in [-0.4, -0.2) is 46.4 Å². The predicted molar refractivity (Wildman–Crippen MR) is 96.7 cm³/mol. The average Bonchev–Trinajstić information content (AvgIpc) is 3.30. The van der Waals surface area contributed by atoms with Crippen LogP contribution in [0.15, 0.2) is 27.5 Å². The lowest BCUT2D eigenvalue weighted by Gasteiger charge is -2.22. The fourth-order valence-corrected chi connectivity index (χ4v) is 3.88. The zero-order valence-electron chi connectivity index (χ0n) is 14.5. The molecule has 9 nitrogen and oxygen atoms in total. The van der Waals surface area contributed by atoms with Crippen molar-refractivity contribution in [1.29, 1.82) is 0 Å². The molecule has 2 N–H and O–H groups in total. The van der Waals surface area contributed by atoms with Crippen molar-refractivity contribution in [3.63, 3.8) is 0 Å². The number of thiazole rings is 1. The number of rotatable bonds is 9. The van der Waals surface area contributed by atoms with E-state index in [1.54, 1.807) is 6.92 Å². The minimum atomic E-state index is -3.65. The largest absolute Gasteiger partial charge is 0.414 e. The van der Waals surface area contributed by atoms with Crippen molar-refractivity contribution >= 4 is 27.6 Å². The molecule has 0 amide bonds. The molecule has 13 heteroatoms. The van der Waals surface area contributed by atoms with Crippen molar-refractivity contribution in [3.05, 3.63) is 29.0 Å². The van der Waals surface area contributed by atoms with Gasteiger partial charge in [-0.25, -0.2) is 13.4 Å². The van der Waals surface area contributed by atoms with Crippen LogP contribution in [0.3, 0.4) is 0 Å². The Morgan fingerprint density at radius 1 is 1.44 bits per heavy atom. The lowest BCUT2D eigenvalue weighted by atomic mass is 10.4. The summed E-state index contributed by atoms with van der Waals surface area (Å²) in [6, 6.07) is 0. The summed E-state index contributed by atoms with van der Waals surface area (Å²) in [5, 5.41) is 7.19. The van der Waals surface area contributed by atoms with E-state index >= 15 is 0 Å². The van der Waals surface area contributed by atoms with E-state index in [4.69, 9.17) is 10.2 Å².